The van der Waals surface area contributed by atoms with Crippen LogP contribution in [0, 0.1) is 0 Å². The zero-order valence-corrected chi connectivity index (χ0v) is 15.8. The lowest BCUT2D eigenvalue weighted by molar-refractivity contribution is -0.114. The van der Waals surface area contributed by atoms with Crippen molar-refractivity contribution in [3.05, 3.63) is 64.7 Å². The Morgan fingerprint density at radius 2 is 1.78 bits per heavy atom. The van der Waals surface area contributed by atoms with Crippen LogP contribution in [0.25, 0.3) is 6.08 Å². The van der Waals surface area contributed by atoms with Gasteiger partial charge in [-0.15, -0.1) is 0 Å². The zero-order chi connectivity index (χ0) is 18.8. The van der Waals surface area contributed by atoms with Gasteiger partial charge in [0, 0.05) is 18.8 Å². The van der Waals surface area contributed by atoms with E-state index in [2.05, 4.69) is 22.1 Å². The molecule has 1 fully saturated rings. The van der Waals surface area contributed by atoms with Crippen molar-refractivity contribution in [2.24, 2.45) is 5.10 Å². The fraction of sp³-hybridized carbons (Fsp3) is 0.238. The van der Waals surface area contributed by atoms with Crippen molar-refractivity contribution in [2.45, 2.75) is 6.92 Å². The molecule has 1 amide bonds. The summed E-state index contributed by atoms with van der Waals surface area (Å²) in [6.45, 7) is 5.15. The molecule has 1 saturated heterocycles. The molecular formula is C21H20ClN3O2. The Hall–Kier alpha value is -2.63. The van der Waals surface area contributed by atoms with Crippen LogP contribution in [-0.4, -0.2) is 37.9 Å². The molecular weight excluding hydrogens is 362 g/mol. The van der Waals surface area contributed by atoms with E-state index in [1.807, 2.05) is 37.3 Å². The first-order chi connectivity index (χ1) is 13.1. The van der Waals surface area contributed by atoms with Crippen molar-refractivity contribution in [3.63, 3.8) is 0 Å². The molecule has 0 atom stereocenters. The Kier molecular flexibility index (Phi) is 4.97. The molecule has 2 aliphatic rings. The van der Waals surface area contributed by atoms with E-state index in [1.54, 1.807) is 12.1 Å². The quantitative estimate of drug-likeness (QED) is 0.755. The Labute approximate surface area is 163 Å². The Bertz CT molecular complexity index is 915. The first-order valence-corrected chi connectivity index (χ1v) is 9.30. The number of morpholine rings is 1. The number of benzene rings is 2. The third-order valence-electron chi connectivity index (χ3n) is 4.72. The third kappa shape index (κ3) is 3.61. The zero-order valence-electron chi connectivity index (χ0n) is 15.1. The third-order valence-corrected chi connectivity index (χ3v) is 5.04. The summed E-state index contributed by atoms with van der Waals surface area (Å²) in [6.07, 6.45) is 1.88. The molecule has 0 bridgehead atoms. The molecule has 27 heavy (non-hydrogen) atoms. The summed E-state index contributed by atoms with van der Waals surface area (Å²) >= 11 is 6.22. The van der Waals surface area contributed by atoms with Gasteiger partial charge in [0.1, 0.15) is 0 Å². The Morgan fingerprint density at radius 1 is 1.07 bits per heavy atom. The maximum Gasteiger partial charge on any atom is 0.280 e. The van der Waals surface area contributed by atoms with E-state index in [4.69, 9.17) is 16.3 Å². The van der Waals surface area contributed by atoms with E-state index in [-0.39, 0.29) is 5.91 Å². The monoisotopic (exact) mass is 381 g/mol. The molecule has 4 rings (SSSR count). The minimum Gasteiger partial charge on any atom is -0.378 e. The van der Waals surface area contributed by atoms with Crippen LogP contribution in [0.1, 0.15) is 12.5 Å². The van der Waals surface area contributed by atoms with Crippen LogP contribution in [0.2, 0.25) is 5.02 Å². The maximum atomic E-state index is 12.8. The minimum atomic E-state index is -0.169. The predicted octanol–water partition coefficient (Wildman–Crippen LogP) is 3.98. The average Bonchev–Trinajstić information content (AvgIpc) is 2.98. The number of nitrogens with zero attached hydrogens (tertiary/aromatic N) is 3. The van der Waals surface area contributed by atoms with Crippen molar-refractivity contribution in [1.82, 2.24) is 0 Å². The summed E-state index contributed by atoms with van der Waals surface area (Å²) in [5.74, 6) is -0.169. The van der Waals surface area contributed by atoms with Gasteiger partial charge in [-0.2, -0.15) is 10.1 Å². The number of hydrogen-bond donors (Lipinski definition) is 0. The number of anilines is 2. The predicted molar refractivity (Wildman–Crippen MR) is 109 cm³/mol. The maximum absolute atomic E-state index is 12.8. The van der Waals surface area contributed by atoms with Crippen LogP contribution in [0.5, 0.6) is 0 Å². The minimum absolute atomic E-state index is 0.169. The largest absolute Gasteiger partial charge is 0.378 e. The molecule has 2 aromatic carbocycles. The van der Waals surface area contributed by atoms with E-state index in [0.29, 0.717) is 22.0 Å². The Morgan fingerprint density at radius 3 is 2.48 bits per heavy atom. The van der Waals surface area contributed by atoms with Gasteiger partial charge in [0.2, 0.25) is 0 Å². The average molecular weight is 382 g/mol. The summed E-state index contributed by atoms with van der Waals surface area (Å²) in [6, 6.07) is 15.4. The summed E-state index contributed by atoms with van der Waals surface area (Å²) < 4.78 is 5.40. The van der Waals surface area contributed by atoms with E-state index >= 15 is 0 Å². The van der Waals surface area contributed by atoms with Crippen molar-refractivity contribution < 1.29 is 9.53 Å². The molecule has 2 heterocycles. The molecule has 0 aromatic heterocycles. The lowest BCUT2D eigenvalue weighted by Gasteiger charge is -2.28. The first-order valence-electron chi connectivity index (χ1n) is 8.92. The van der Waals surface area contributed by atoms with Crippen molar-refractivity contribution in [3.8, 4) is 0 Å². The number of amides is 1. The molecule has 6 heteroatoms. The fourth-order valence-electron chi connectivity index (χ4n) is 3.24. The van der Waals surface area contributed by atoms with Crippen LogP contribution in [0.15, 0.2) is 59.2 Å². The van der Waals surface area contributed by atoms with Crippen LogP contribution in [-0.2, 0) is 9.53 Å². The molecule has 0 unspecified atom stereocenters. The first kappa shape index (κ1) is 17.8. The summed E-state index contributed by atoms with van der Waals surface area (Å²) in [5.41, 5.74) is 3.98. The van der Waals surface area contributed by atoms with Crippen LogP contribution in [0.3, 0.4) is 0 Å². The molecule has 2 aromatic rings. The van der Waals surface area contributed by atoms with Crippen molar-refractivity contribution in [1.29, 1.82) is 0 Å². The Balaban J connectivity index is 1.56. The highest BCUT2D eigenvalue weighted by Gasteiger charge is 2.29. The highest BCUT2D eigenvalue weighted by atomic mass is 35.5. The van der Waals surface area contributed by atoms with Gasteiger partial charge in [-0.05, 0) is 42.8 Å². The van der Waals surface area contributed by atoms with Gasteiger partial charge in [-0.25, -0.2) is 0 Å². The van der Waals surface area contributed by atoms with Crippen LogP contribution in [0.4, 0.5) is 11.4 Å². The smallest absolute Gasteiger partial charge is 0.280 e. The standard InChI is InChI=1S/C21H20ClN3O2/c1-15-18(21(26)25(23-15)20-5-3-2-4-19(20)22)14-16-6-8-17(9-7-16)24-10-12-27-13-11-24/h2-9,14H,10-13H2,1H3/b18-14-. The normalized spacial score (nSPS) is 19.0. The summed E-state index contributed by atoms with van der Waals surface area (Å²) in [4.78, 5) is 15.1. The van der Waals surface area contributed by atoms with Gasteiger partial charge in [0.25, 0.3) is 5.91 Å². The van der Waals surface area contributed by atoms with Crippen LogP contribution >= 0.6 is 11.6 Å². The SMILES string of the molecule is CC1=NN(c2ccccc2Cl)C(=O)/C1=C\c1ccc(N2CCOCC2)cc1. The number of rotatable bonds is 3. The van der Waals surface area contributed by atoms with E-state index < -0.39 is 0 Å². The lowest BCUT2D eigenvalue weighted by atomic mass is 10.1. The molecule has 0 aliphatic carbocycles. The fourth-order valence-corrected chi connectivity index (χ4v) is 3.46. The van der Waals surface area contributed by atoms with Gasteiger partial charge in [0.15, 0.2) is 0 Å². The highest BCUT2D eigenvalue weighted by molar-refractivity contribution is 6.37. The lowest BCUT2D eigenvalue weighted by Crippen LogP contribution is -2.36. The second-order valence-corrected chi connectivity index (χ2v) is 6.91. The number of halogens is 1. The van der Waals surface area contributed by atoms with Gasteiger partial charge in [-0.1, -0.05) is 35.9 Å². The molecule has 0 spiro atoms. The van der Waals surface area contributed by atoms with Gasteiger partial charge < -0.3 is 9.64 Å². The van der Waals surface area contributed by atoms with E-state index in [9.17, 15) is 4.79 Å². The number of ether oxygens (including phenoxy) is 1. The van der Waals surface area contributed by atoms with Crippen molar-refractivity contribution >= 4 is 40.7 Å². The molecule has 0 N–H and O–H groups in total. The van der Waals surface area contributed by atoms with E-state index in [1.165, 1.54) is 10.7 Å². The van der Waals surface area contributed by atoms with Gasteiger partial charge >= 0.3 is 0 Å². The van der Waals surface area contributed by atoms with Crippen molar-refractivity contribution in [2.75, 3.05) is 36.2 Å². The number of carbonyl (C=O) groups is 1. The van der Waals surface area contributed by atoms with Gasteiger partial charge in [-0.3, -0.25) is 4.79 Å². The highest BCUT2D eigenvalue weighted by Crippen LogP contribution is 2.31. The molecule has 0 radical (unpaired) electrons. The summed E-state index contributed by atoms with van der Waals surface area (Å²) in [5, 5.41) is 6.26. The molecule has 2 aliphatic heterocycles. The second kappa shape index (κ2) is 7.55. The molecule has 0 saturated carbocycles. The molecule has 138 valence electrons. The number of hydrogen-bond acceptors (Lipinski definition) is 4. The number of carbonyl (C=O) groups excluding carboxylic acids is 1. The number of para-hydroxylation sites is 1. The van der Waals surface area contributed by atoms with Crippen LogP contribution < -0.4 is 9.91 Å². The molecule has 5 nitrogen and oxygen atoms in total. The topological polar surface area (TPSA) is 45.1 Å². The summed E-state index contributed by atoms with van der Waals surface area (Å²) in [7, 11) is 0. The van der Waals surface area contributed by atoms with E-state index in [0.717, 1.165) is 31.9 Å². The second-order valence-electron chi connectivity index (χ2n) is 6.50. The number of hydrazone groups is 1. The van der Waals surface area contributed by atoms with Gasteiger partial charge in [0.05, 0.1) is 35.2 Å².